The fourth-order valence-corrected chi connectivity index (χ4v) is 5.32. The van der Waals surface area contributed by atoms with E-state index in [1.807, 2.05) is 78.9 Å². The van der Waals surface area contributed by atoms with Crippen LogP contribution in [0.4, 0.5) is 34.9 Å². The fourth-order valence-electron chi connectivity index (χ4n) is 4.27. The number of hydrogen-bond donors (Lipinski definition) is 0. The lowest BCUT2D eigenvalue weighted by Crippen LogP contribution is -2.41. The van der Waals surface area contributed by atoms with Crippen molar-refractivity contribution in [3.05, 3.63) is 125 Å². The predicted molar refractivity (Wildman–Crippen MR) is 153 cm³/mol. The van der Waals surface area contributed by atoms with E-state index in [0.717, 1.165) is 27.1 Å². The van der Waals surface area contributed by atoms with Gasteiger partial charge in [-0.05, 0) is 51.1 Å². The Labute approximate surface area is 241 Å². The van der Waals surface area contributed by atoms with Crippen molar-refractivity contribution in [1.29, 1.82) is 0 Å². The van der Waals surface area contributed by atoms with Gasteiger partial charge in [-0.25, -0.2) is 22.0 Å². The third-order valence-corrected chi connectivity index (χ3v) is 7.56. The van der Waals surface area contributed by atoms with Gasteiger partial charge < -0.3 is 12.9 Å². The first-order valence-corrected chi connectivity index (χ1v) is 14.5. The van der Waals surface area contributed by atoms with Crippen molar-refractivity contribution in [1.82, 2.24) is 0 Å². The molecule has 0 aromatic heterocycles. The van der Waals surface area contributed by atoms with Crippen molar-refractivity contribution in [3.63, 3.8) is 0 Å². The minimum absolute atomic E-state index is 0.0924. The molecule has 1 atom stereocenters. The summed E-state index contributed by atoms with van der Waals surface area (Å²) in [7, 11) is -2.63. The van der Waals surface area contributed by atoms with Crippen molar-refractivity contribution < 1.29 is 43.9 Å². The van der Waals surface area contributed by atoms with Gasteiger partial charge in [0.15, 0.2) is 38.4 Å². The summed E-state index contributed by atoms with van der Waals surface area (Å²) in [6, 6.07) is 27.1. The van der Waals surface area contributed by atoms with Gasteiger partial charge in [0.25, 0.3) is 0 Å². The van der Waals surface area contributed by atoms with Crippen molar-refractivity contribution >= 4 is 49.7 Å². The van der Waals surface area contributed by atoms with E-state index < -0.39 is 51.5 Å². The van der Waals surface area contributed by atoms with Crippen LogP contribution in [0.2, 0.25) is 0 Å². The largest absolute Gasteiger partial charge is 0.515 e. The Bertz CT molecular complexity index is 1880. The normalized spacial score (nSPS) is 12.6. The zero-order valence-electron chi connectivity index (χ0n) is 22.1. The Balaban J connectivity index is 0.000000239. The molecule has 43 heavy (non-hydrogen) atoms. The molecule has 220 valence electrons. The highest BCUT2D eigenvalue weighted by molar-refractivity contribution is 8.07. The van der Waals surface area contributed by atoms with Crippen LogP contribution in [0, 0.1) is 40.3 Å². The molecule has 0 fully saturated rings. The first kappa shape index (κ1) is 31.4. The molecule has 0 N–H and O–H groups in total. The highest BCUT2D eigenvalue weighted by Gasteiger charge is 2.38. The summed E-state index contributed by atoms with van der Waals surface area (Å²) >= 11 is 0. The van der Waals surface area contributed by atoms with Gasteiger partial charge in [-0.2, -0.15) is 0 Å². The first-order valence-electron chi connectivity index (χ1n) is 12.4. The maximum Gasteiger partial charge on any atom is 0.515 e. The molecule has 0 aliphatic rings. The molecule has 5 aromatic rings. The Morgan fingerprint density at radius 2 is 1.14 bits per heavy atom. The van der Waals surface area contributed by atoms with Crippen LogP contribution in [0.3, 0.4) is 0 Å². The summed E-state index contributed by atoms with van der Waals surface area (Å²) in [4.78, 5) is 13.3. The molecule has 12 heteroatoms. The SMILES string of the molecule is C[S+](=O)(C#Cc1ccccc1)CC(=O)c1c2ccccc2cc2ccccc12.Fc1c(F)c(F)c([B-](F)(F)F)c(F)c1F. The Morgan fingerprint density at radius 3 is 1.63 bits per heavy atom. The lowest BCUT2D eigenvalue weighted by Gasteiger charge is -2.17. The maximum absolute atomic E-state index is 13.3. The highest BCUT2D eigenvalue weighted by Crippen LogP contribution is 2.29. The van der Waals surface area contributed by atoms with Crippen LogP contribution in [0.15, 0.2) is 84.9 Å². The number of carbonyl (C=O) groups is 1. The molecule has 0 aliphatic carbocycles. The monoisotopic (exact) mass is 618 g/mol. The van der Waals surface area contributed by atoms with E-state index in [1.165, 1.54) is 0 Å². The number of ketones is 1. The summed E-state index contributed by atoms with van der Waals surface area (Å²) in [5.41, 5.74) is -1.31. The van der Waals surface area contributed by atoms with Crippen LogP contribution >= 0.6 is 0 Å². The lowest BCUT2D eigenvalue weighted by molar-refractivity contribution is 0.102. The standard InChI is InChI=1S/C25H19O2S.C6BF8/c1-28(27,16-15-19-9-3-2-4-10-19)18-24(26)25-22-13-7-5-11-20(22)17-21-12-6-8-14-23(21)25;8-2-1(7(13,14)15)3(9)5(11)6(12)4(2)10/h2-14,17H,18H2,1H3;/q+1;-1. The van der Waals surface area contributed by atoms with Crippen LogP contribution in [0.25, 0.3) is 21.5 Å². The molecular formula is C31H19BF8O2S. The average Bonchev–Trinajstić information content (AvgIpc) is 2.96. The molecule has 0 bridgehead atoms. The van der Waals surface area contributed by atoms with Crippen LogP contribution in [-0.2, 0) is 14.1 Å². The summed E-state index contributed by atoms with van der Waals surface area (Å²) in [6.45, 7) is -6.30. The molecular weight excluding hydrogens is 599 g/mol. The van der Waals surface area contributed by atoms with E-state index in [2.05, 4.69) is 17.2 Å². The van der Waals surface area contributed by atoms with Crippen LogP contribution in [-0.4, -0.2) is 24.8 Å². The smallest absolute Gasteiger partial charge is 0.445 e. The van der Waals surface area contributed by atoms with Crippen LogP contribution in [0.1, 0.15) is 15.9 Å². The highest BCUT2D eigenvalue weighted by atomic mass is 32.2. The molecule has 0 heterocycles. The number of fused-ring (bicyclic) bond motifs is 2. The molecule has 0 aliphatic heterocycles. The summed E-state index contributed by atoms with van der Waals surface area (Å²) < 4.78 is 111. The van der Waals surface area contributed by atoms with Gasteiger partial charge in [0.05, 0.1) is 0 Å². The minimum atomic E-state index is -6.30. The maximum atomic E-state index is 13.3. The molecule has 5 aromatic carbocycles. The lowest BCUT2D eigenvalue weighted by atomic mass is 9.79. The fraction of sp³-hybridized carbons (Fsp3) is 0.0645. The number of Topliss-reactive ketones (excluding diaryl/α,β-unsaturated/α-hetero) is 1. The average molecular weight is 618 g/mol. The van der Waals surface area contributed by atoms with Gasteiger partial charge >= 0.3 is 6.98 Å². The summed E-state index contributed by atoms with van der Waals surface area (Å²) in [6.07, 6.45) is 1.56. The molecule has 1 unspecified atom stereocenters. The molecule has 0 amide bonds. The van der Waals surface area contributed by atoms with Crippen LogP contribution < -0.4 is 5.46 Å². The zero-order chi connectivity index (χ0) is 31.5. The van der Waals surface area contributed by atoms with Crippen molar-refractivity contribution in [2.75, 3.05) is 12.0 Å². The Kier molecular flexibility index (Phi) is 9.06. The molecule has 0 saturated heterocycles. The van der Waals surface area contributed by atoms with Gasteiger partial charge in [-0.15, -0.1) is 0 Å². The van der Waals surface area contributed by atoms with E-state index in [9.17, 15) is 43.9 Å². The number of halogens is 8. The van der Waals surface area contributed by atoms with E-state index in [-0.39, 0.29) is 11.5 Å². The van der Waals surface area contributed by atoms with Gasteiger partial charge in [-0.1, -0.05) is 70.9 Å². The van der Waals surface area contributed by atoms with Gasteiger partial charge in [0.1, 0.15) is 17.9 Å². The topological polar surface area (TPSA) is 34.1 Å². The second-order valence-electron chi connectivity index (χ2n) is 9.42. The van der Waals surface area contributed by atoms with E-state index >= 15 is 0 Å². The third kappa shape index (κ3) is 6.95. The second-order valence-corrected chi connectivity index (χ2v) is 11.9. The molecule has 2 nitrogen and oxygen atoms in total. The van der Waals surface area contributed by atoms with Crippen LogP contribution in [0.5, 0.6) is 0 Å². The Morgan fingerprint density at radius 1 is 0.698 bits per heavy atom. The van der Waals surface area contributed by atoms with Gasteiger partial charge in [0.2, 0.25) is 5.78 Å². The quantitative estimate of drug-likeness (QED) is 0.0302. The van der Waals surface area contributed by atoms with E-state index in [4.69, 9.17) is 0 Å². The van der Waals surface area contributed by atoms with E-state index in [0.29, 0.717) is 5.56 Å². The van der Waals surface area contributed by atoms with Crippen molar-refractivity contribution in [2.45, 2.75) is 0 Å². The van der Waals surface area contributed by atoms with Gasteiger partial charge in [-0.3, -0.25) is 4.79 Å². The zero-order valence-corrected chi connectivity index (χ0v) is 22.9. The summed E-state index contributed by atoms with van der Waals surface area (Å²) in [5, 5.41) is 6.61. The molecule has 0 radical (unpaired) electrons. The number of carbonyl (C=O) groups excluding carboxylic acids is 1. The second kappa shape index (κ2) is 12.4. The first-order chi connectivity index (χ1) is 20.2. The molecule has 0 saturated carbocycles. The Hall–Kier alpha value is -4.50. The van der Waals surface area contributed by atoms with Crippen molar-refractivity contribution in [2.24, 2.45) is 0 Å². The minimum Gasteiger partial charge on any atom is -0.445 e. The number of benzene rings is 5. The van der Waals surface area contributed by atoms with E-state index in [1.54, 1.807) is 6.26 Å². The predicted octanol–water partition coefficient (Wildman–Crippen LogP) is 7.75. The van der Waals surface area contributed by atoms with Crippen molar-refractivity contribution in [3.8, 4) is 11.2 Å². The molecule has 5 rings (SSSR count). The molecule has 0 spiro atoms. The number of rotatable bonds is 4. The van der Waals surface area contributed by atoms with Gasteiger partial charge in [0, 0.05) is 11.1 Å². The number of hydrogen-bond acceptors (Lipinski definition) is 2. The third-order valence-electron chi connectivity index (χ3n) is 6.21. The summed E-state index contributed by atoms with van der Waals surface area (Å²) in [5.74, 6) is -10.8.